The number of halogens is 3. The van der Waals surface area contributed by atoms with Crippen LogP contribution < -0.4 is 5.69 Å². The van der Waals surface area contributed by atoms with Crippen molar-refractivity contribution in [1.29, 1.82) is 0 Å². The van der Waals surface area contributed by atoms with Crippen LogP contribution in [0.25, 0.3) is 0 Å². The molecular formula is C13H17F3N4O2. The molecule has 1 saturated carbocycles. The third-order valence-corrected chi connectivity index (χ3v) is 4.31. The van der Waals surface area contributed by atoms with Crippen molar-refractivity contribution in [1.82, 2.24) is 19.2 Å². The fraction of sp³-hybridized carbons (Fsp3) is 0.769. The van der Waals surface area contributed by atoms with E-state index in [1.54, 1.807) is 4.90 Å². The summed E-state index contributed by atoms with van der Waals surface area (Å²) in [4.78, 5) is 25.6. The summed E-state index contributed by atoms with van der Waals surface area (Å²) in [7, 11) is 1.07. The minimum atomic E-state index is -4.65. The number of carbonyl (C=O) groups is 1. The molecule has 1 aromatic heterocycles. The summed E-state index contributed by atoms with van der Waals surface area (Å²) >= 11 is 0. The van der Waals surface area contributed by atoms with Crippen molar-refractivity contribution in [3.63, 3.8) is 0 Å². The number of aromatic nitrogens is 3. The maximum Gasteiger partial charge on any atom is 0.451 e. The second-order valence-electron chi connectivity index (χ2n) is 5.94. The molecule has 1 saturated heterocycles. The molecule has 1 aromatic rings. The van der Waals surface area contributed by atoms with Crippen LogP contribution >= 0.6 is 0 Å². The highest BCUT2D eigenvalue weighted by atomic mass is 19.4. The Morgan fingerprint density at radius 1 is 1.18 bits per heavy atom. The van der Waals surface area contributed by atoms with Crippen LogP contribution in [-0.2, 0) is 18.0 Å². The first kappa shape index (κ1) is 15.1. The molecule has 0 atom stereocenters. The van der Waals surface area contributed by atoms with Crippen LogP contribution in [0.5, 0.6) is 0 Å². The molecule has 1 aliphatic heterocycles. The van der Waals surface area contributed by atoms with Gasteiger partial charge in [0.15, 0.2) is 0 Å². The number of rotatable bonds is 2. The normalized spacial score (nSPS) is 20.5. The summed E-state index contributed by atoms with van der Waals surface area (Å²) in [5, 5.41) is 3.46. The lowest BCUT2D eigenvalue weighted by atomic mass is 10.0. The lowest BCUT2D eigenvalue weighted by Gasteiger charge is -2.31. The van der Waals surface area contributed by atoms with Gasteiger partial charge in [-0.25, -0.2) is 9.48 Å². The van der Waals surface area contributed by atoms with Gasteiger partial charge in [-0.15, -0.1) is 5.10 Å². The van der Waals surface area contributed by atoms with Crippen molar-refractivity contribution in [2.24, 2.45) is 13.0 Å². The molecule has 2 fully saturated rings. The molecule has 0 radical (unpaired) electrons. The highest BCUT2D eigenvalue weighted by Crippen LogP contribution is 2.33. The zero-order chi connectivity index (χ0) is 16.1. The number of piperidine rings is 1. The molecule has 1 aliphatic carbocycles. The predicted octanol–water partition coefficient (Wildman–Crippen LogP) is 1.17. The Bertz CT molecular complexity index is 637. The molecule has 0 bridgehead atoms. The largest absolute Gasteiger partial charge is 0.451 e. The minimum absolute atomic E-state index is 0.128. The second-order valence-corrected chi connectivity index (χ2v) is 5.94. The van der Waals surface area contributed by atoms with E-state index in [-0.39, 0.29) is 11.8 Å². The minimum Gasteiger partial charge on any atom is -0.342 e. The molecule has 0 aromatic carbocycles. The van der Waals surface area contributed by atoms with Gasteiger partial charge in [0.25, 0.3) is 0 Å². The predicted molar refractivity (Wildman–Crippen MR) is 70.0 cm³/mol. The van der Waals surface area contributed by atoms with Crippen molar-refractivity contribution in [2.45, 2.75) is 37.9 Å². The Kier molecular flexibility index (Phi) is 3.53. The van der Waals surface area contributed by atoms with E-state index in [2.05, 4.69) is 5.10 Å². The fourth-order valence-corrected chi connectivity index (χ4v) is 2.86. The maximum absolute atomic E-state index is 12.8. The lowest BCUT2D eigenvalue weighted by Crippen LogP contribution is -2.41. The highest BCUT2D eigenvalue weighted by Gasteiger charge is 2.40. The van der Waals surface area contributed by atoms with Crippen molar-refractivity contribution >= 4 is 5.91 Å². The number of nitrogens with zero attached hydrogens (tertiary/aromatic N) is 4. The Morgan fingerprint density at radius 2 is 1.77 bits per heavy atom. The van der Waals surface area contributed by atoms with E-state index < -0.39 is 23.7 Å². The van der Waals surface area contributed by atoms with E-state index in [0.29, 0.717) is 30.5 Å². The Labute approximate surface area is 124 Å². The molecule has 0 N–H and O–H groups in total. The zero-order valence-corrected chi connectivity index (χ0v) is 12.1. The number of carbonyl (C=O) groups excluding carboxylic acids is 1. The molecule has 2 heterocycles. The van der Waals surface area contributed by atoms with Gasteiger partial charge in [0.1, 0.15) is 0 Å². The molecule has 122 valence electrons. The number of hydrogen-bond donors (Lipinski definition) is 0. The van der Waals surface area contributed by atoms with E-state index >= 15 is 0 Å². The standard InChI is InChI=1S/C13H17F3N4O2/c1-18-11(13(14,15)16)17-20(12(18)22)9-4-6-19(7-5-9)10(21)8-2-3-8/h8-9H,2-7H2,1H3. The van der Waals surface area contributed by atoms with Gasteiger partial charge in [-0.05, 0) is 25.7 Å². The summed E-state index contributed by atoms with van der Waals surface area (Å²) < 4.78 is 39.8. The lowest BCUT2D eigenvalue weighted by molar-refractivity contribution is -0.147. The van der Waals surface area contributed by atoms with E-state index in [1.165, 1.54) is 0 Å². The van der Waals surface area contributed by atoms with E-state index in [9.17, 15) is 22.8 Å². The third kappa shape index (κ3) is 2.64. The summed E-state index contributed by atoms with van der Waals surface area (Å²) in [6.07, 6.45) is -1.90. The first-order chi connectivity index (χ1) is 10.3. The van der Waals surface area contributed by atoms with Crippen molar-refractivity contribution in [3.05, 3.63) is 16.3 Å². The molecule has 3 rings (SSSR count). The first-order valence-corrected chi connectivity index (χ1v) is 7.30. The summed E-state index contributed by atoms with van der Waals surface area (Å²) in [5.41, 5.74) is -0.765. The van der Waals surface area contributed by atoms with Crippen LogP contribution in [0.15, 0.2) is 4.79 Å². The van der Waals surface area contributed by atoms with E-state index in [0.717, 1.165) is 24.6 Å². The quantitative estimate of drug-likeness (QED) is 0.822. The van der Waals surface area contributed by atoms with Gasteiger partial charge in [-0.1, -0.05) is 0 Å². The van der Waals surface area contributed by atoms with Gasteiger partial charge in [-0.2, -0.15) is 13.2 Å². The van der Waals surface area contributed by atoms with Gasteiger partial charge in [0.05, 0.1) is 6.04 Å². The molecule has 9 heteroatoms. The molecule has 22 heavy (non-hydrogen) atoms. The summed E-state index contributed by atoms with van der Waals surface area (Å²) in [6.45, 7) is 0.925. The number of likely N-dealkylation sites (tertiary alicyclic amines) is 1. The highest BCUT2D eigenvalue weighted by molar-refractivity contribution is 5.81. The first-order valence-electron chi connectivity index (χ1n) is 7.30. The molecule has 0 spiro atoms. The van der Waals surface area contributed by atoms with Crippen molar-refractivity contribution < 1.29 is 18.0 Å². The van der Waals surface area contributed by atoms with Crippen LogP contribution in [0.2, 0.25) is 0 Å². The molecule has 1 amide bonds. The average Bonchev–Trinajstić information content (AvgIpc) is 3.26. The summed E-state index contributed by atoms with van der Waals surface area (Å²) in [5.74, 6) is -0.928. The molecular weight excluding hydrogens is 301 g/mol. The van der Waals surface area contributed by atoms with E-state index in [4.69, 9.17) is 0 Å². The topological polar surface area (TPSA) is 60.1 Å². The van der Waals surface area contributed by atoms with Crippen molar-refractivity contribution in [3.8, 4) is 0 Å². The van der Waals surface area contributed by atoms with Gasteiger partial charge < -0.3 is 4.90 Å². The average molecular weight is 318 g/mol. The number of amides is 1. The second kappa shape index (κ2) is 5.13. The Balaban J connectivity index is 1.74. The van der Waals surface area contributed by atoms with Gasteiger partial charge in [0.2, 0.25) is 11.7 Å². The fourth-order valence-electron chi connectivity index (χ4n) is 2.86. The smallest absolute Gasteiger partial charge is 0.342 e. The van der Waals surface area contributed by atoms with Crippen LogP contribution in [-0.4, -0.2) is 38.2 Å². The number of hydrogen-bond acceptors (Lipinski definition) is 3. The summed E-state index contributed by atoms with van der Waals surface area (Å²) in [6, 6.07) is -0.391. The van der Waals surface area contributed by atoms with Crippen LogP contribution in [0.3, 0.4) is 0 Å². The maximum atomic E-state index is 12.8. The van der Waals surface area contributed by atoms with Crippen LogP contribution in [0, 0.1) is 5.92 Å². The molecule has 6 nitrogen and oxygen atoms in total. The van der Waals surface area contributed by atoms with Gasteiger partial charge in [0, 0.05) is 26.1 Å². The van der Waals surface area contributed by atoms with Gasteiger partial charge in [-0.3, -0.25) is 9.36 Å². The monoisotopic (exact) mass is 318 g/mol. The Hall–Kier alpha value is -1.80. The van der Waals surface area contributed by atoms with Crippen LogP contribution in [0.1, 0.15) is 37.5 Å². The number of alkyl halides is 3. The molecule has 2 aliphatic rings. The zero-order valence-electron chi connectivity index (χ0n) is 12.1. The SMILES string of the molecule is Cn1c(C(F)(F)F)nn(C2CCN(C(=O)C3CC3)CC2)c1=O. The van der Waals surface area contributed by atoms with Crippen molar-refractivity contribution in [2.75, 3.05) is 13.1 Å². The Morgan fingerprint density at radius 3 is 2.23 bits per heavy atom. The third-order valence-electron chi connectivity index (χ3n) is 4.31. The van der Waals surface area contributed by atoms with E-state index in [1.807, 2.05) is 0 Å². The van der Waals surface area contributed by atoms with Crippen LogP contribution in [0.4, 0.5) is 13.2 Å². The molecule has 0 unspecified atom stereocenters. The van der Waals surface area contributed by atoms with Gasteiger partial charge >= 0.3 is 11.9 Å².